The Morgan fingerprint density at radius 3 is 2.57 bits per heavy atom. The first-order valence-corrected chi connectivity index (χ1v) is 7.86. The van der Waals surface area contributed by atoms with Crippen LogP contribution >= 0.6 is 11.6 Å². The van der Waals surface area contributed by atoms with E-state index in [9.17, 15) is 14.7 Å². The van der Waals surface area contributed by atoms with Crippen LogP contribution in [0.4, 0.5) is 0 Å². The van der Waals surface area contributed by atoms with Crippen LogP contribution in [0.3, 0.4) is 0 Å². The summed E-state index contributed by atoms with van der Waals surface area (Å²) in [5.74, 6) is -0.897. The van der Waals surface area contributed by atoms with E-state index < -0.39 is 17.9 Å². The molecule has 0 unspecified atom stereocenters. The van der Waals surface area contributed by atoms with E-state index in [1.165, 1.54) is 19.2 Å². The largest absolute Gasteiger partial charge is 0.493 e. The van der Waals surface area contributed by atoms with Crippen molar-refractivity contribution in [3.05, 3.63) is 22.7 Å². The molecule has 23 heavy (non-hydrogen) atoms. The van der Waals surface area contributed by atoms with Gasteiger partial charge in [0.15, 0.2) is 11.5 Å². The van der Waals surface area contributed by atoms with E-state index >= 15 is 0 Å². The summed E-state index contributed by atoms with van der Waals surface area (Å²) in [6.45, 7) is 4.17. The SMILES string of the molecule is CCCC[C@H](NC(=O)c1cc(Cl)c(OCC)c(OC)c1)C(=O)O. The van der Waals surface area contributed by atoms with Gasteiger partial charge in [-0.3, -0.25) is 4.79 Å². The average molecular weight is 344 g/mol. The molecule has 1 aromatic rings. The second-order valence-electron chi connectivity index (χ2n) is 4.93. The topological polar surface area (TPSA) is 84.9 Å². The quantitative estimate of drug-likeness (QED) is 0.719. The van der Waals surface area contributed by atoms with Crippen LogP contribution in [0.25, 0.3) is 0 Å². The zero-order valence-corrected chi connectivity index (χ0v) is 14.3. The van der Waals surface area contributed by atoms with E-state index in [1.807, 2.05) is 13.8 Å². The van der Waals surface area contributed by atoms with Crippen molar-refractivity contribution in [2.75, 3.05) is 13.7 Å². The van der Waals surface area contributed by atoms with Crippen LogP contribution in [-0.2, 0) is 4.79 Å². The van der Waals surface area contributed by atoms with E-state index in [4.69, 9.17) is 21.1 Å². The van der Waals surface area contributed by atoms with E-state index in [0.717, 1.165) is 6.42 Å². The summed E-state index contributed by atoms with van der Waals surface area (Å²) in [4.78, 5) is 23.5. The number of carboxylic acids is 1. The van der Waals surface area contributed by atoms with Gasteiger partial charge in [-0.15, -0.1) is 0 Å². The molecule has 6 nitrogen and oxygen atoms in total. The smallest absolute Gasteiger partial charge is 0.326 e. The summed E-state index contributed by atoms with van der Waals surface area (Å²) < 4.78 is 10.6. The van der Waals surface area contributed by atoms with Crippen LogP contribution in [0.15, 0.2) is 12.1 Å². The number of aliphatic carboxylic acids is 1. The van der Waals surface area contributed by atoms with Crippen molar-refractivity contribution in [1.82, 2.24) is 5.32 Å². The number of methoxy groups -OCH3 is 1. The Labute approximate surface area is 140 Å². The first-order chi connectivity index (χ1) is 10.9. The Balaban J connectivity index is 2.98. The monoisotopic (exact) mass is 343 g/mol. The summed E-state index contributed by atoms with van der Waals surface area (Å²) >= 11 is 6.12. The van der Waals surface area contributed by atoms with Crippen molar-refractivity contribution in [3.63, 3.8) is 0 Å². The third-order valence-electron chi connectivity index (χ3n) is 3.23. The summed E-state index contributed by atoms with van der Waals surface area (Å²) in [7, 11) is 1.44. The first-order valence-electron chi connectivity index (χ1n) is 7.48. The normalized spacial score (nSPS) is 11.7. The van der Waals surface area contributed by atoms with Crippen LogP contribution in [0.1, 0.15) is 43.5 Å². The van der Waals surface area contributed by atoms with E-state index in [-0.39, 0.29) is 10.6 Å². The molecule has 7 heteroatoms. The third kappa shape index (κ3) is 5.32. The second-order valence-corrected chi connectivity index (χ2v) is 5.34. The number of hydrogen-bond donors (Lipinski definition) is 2. The molecule has 1 amide bonds. The van der Waals surface area contributed by atoms with Crippen LogP contribution in [-0.4, -0.2) is 36.7 Å². The summed E-state index contributed by atoms with van der Waals surface area (Å²) in [6.07, 6.45) is 1.94. The number of carbonyl (C=O) groups is 2. The molecule has 128 valence electrons. The molecule has 1 rings (SSSR count). The standard InChI is InChI=1S/C16H22ClNO5/c1-4-6-7-12(16(20)21)18-15(19)10-8-11(17)14(23-5-2)13(9-10)22-3/h8-9,12H,4-7H2,1-3H3,(H,18,19)(H,20,21)/t12-/m0/s1. The number of carboxylic acid groups (broad SMARTS) is 1. The minimum atomic E-state index is -1.06. The van der Waals surface area contributed by atoms with Gasteiger partial charge in [0.05, 0.1) is 18.7 Å². The van der Waals surface area contributed by atoms with Gasteiger partial charge in [-0.1, -0.05) is 31.4 Å². The fourth-order valence-corrected chi connectivity index (χ4v) is 2.31. The first kappa shape index (κ1) is 19.1. The molecule has 1 aromatic carbocycles. The average Bonchev–Trinajstić information content (AvgIpc) is 2.52. The zero-order valence-electron chi connectivity index (χ0n) is 13.5. The highest BCUT2D eigenvalue weighted by Crippen LogP contribution is 2.36. The van der Waals surface area contributed by atoms with Gasteiger partial charge < -0.3 is 19.9 Å². The van der Waals surface area contributed by atoms with E-state index in [2.05, 4.69) is 5.32 Å². The Hall–Kier alpha value is -1.95. The molecule has 0 heterocycles. The molecule has 0 fully saturated rings. The zero-order chi connectivity index (χ0) is 17.4. The lowest BCUT2D eigenvalue weighted by atomic mass is 10.1. The molecule has 0 aliphatic rings. The van der Waals surface area contributed by atoms with Gasteiger partial charge in [0.1, 0.15) is 6.04 Å². The van der Waals surface area contributed by atoms with Crippen molar-refractivity contribution < 1.29 is 24.2 Å². The fraction of sp³-hybridized carbons (Fsp3) is 0.500. The molecule has 0 radical (unpaired) electrons. The molecule has 0 bridgehead atoms. The Morgan fingerprint density at radius 2 is 2.04 bits per heavy atom. The third-order valence-corrected chi connectivity index (χ3v) is 3.51. The number of unbranched alkanes of at least 4 members (excludes halogenated alkanes) is 1. The van der Waals surface area contributed by atoms with Crippen molar-refractivity contribution in [2.45, 2.75) is 39.2 Å². The summed E-state index contributed by atoms with van der Waals surface area (Å²) in [5, 5.41) is 11.9. The van der Waals surface area contributed by atoms with Crippen molar-refractivity contribution in [2.24, 2.45) is 0 Å². The fourth-order valence-electron chi connectivity index (χ4n) is 2.04. The highest BCUT2D eigenvalue weighted by Gasteiger charge is 2.22. The van der Waals surface area contributed by atoms with Crippen molar-refractivity contribution in [1.29, 1.82) is 0 Å². The molecule has 1 atom stereocenters. The highest BCUT2D eigenvalue weighted by molar-refractivity contribution is 6.32. The van der Waals surface area contributed by atoms with E-state index in [1.54, 1.807) is 0 Å². The van der Waals surface area contributed by atoms with Crippen LogP contribution in [0.5, 0.6) is 11.5 Å². The van der Waals surface area contributed by atoms with Crippen molar-refractivity contribution >= 4 is 23.5 Å². The lowest BCUT2D eigenvalue weighted by Crippen LogP contribution is -2.40. The minimum absolute atomic E-state index is 0.220. The Kier molecular flexibility index (Phi) is 7.68. The maximum atomic E-state index is 12.3. The van der Waals surface area contributed by atoms with Gasteiger partial charge in [0.2, 0.25) is 0 Å². The molecule has 0 aromatic heterocycles. The minimum Gasteiger partial charge on any atom is -0.493 e. The number of rotatable bonds is 9. The predicted octanol–water partition coefficient (Wildman–Crippen LogP) is 3.12. The molecule has 0 spiro atoms. The molecule has 2 N–H and O–H groups in total. The molecule has 0 aliphatic carbocycles. The molecule has 0 aliphatic heterocycles. The maximum Gasteiger partial charge on any atom is 0.326 e. The van der Waals surface area contributed by atoms with Gasteiger partial charge in [0.25, 0.3) is 5.91 Å². The number of ether oxygens (including phenoxy) is 2. The molecule has 0 saturated heterocycles. The lowest BCUT2D eigenvalue weighted by Gasteiger charge is -2.16. The lowest BCUT2D eigenvalue weighted by molar-refractivity contribution is -0.139. The van der Waals surface area contributed by atoms with Gasteiger partial charge in [-0.05, 0) is 25.5 Å². The number of hydrogen-bond acceptors (Lipinski definition) is 4. The highest BCUT2D eigenvalue weighted by atomic mass is 35.5. The molecule has 0 saturated carbocycles. The van der Waals surface area contributed by atoms with Crippen LogP contribution < -0.4 is 14.8 Å². The van der Waals surface area contributed by atoms with Gasteiger partial charge in [-0.2, -0.15) is 0 Å². The number of benzene rings is 1. The second kappa shape index (κ2) is 9.25. The number of amides is 1. The van der Waals surface area contributed by atoms with Gasteiger partial charge in [0, 0.05) is 5.56 Å². The number of nitrogens with one attached hydrogen (secondary N) is 1. The Morgan fingerprint density at radius 1 is 1.35 bits per heavy atom. The Bertz CT molecular complexity index is 562. The number of carbonyl (C=O) groups excluding carboxylic acids is 1. The van der Waals surface area contributed by atoms with Gasteiger partial charge >= 0.3 is 5.97 Å². The molecular weight excluding hydrogens is 322 g/mol. The van der Waals surface area contributed by atoms with Crippen LogP contribution in [0.2, 0.25) is 5.02 Å². The van der Waals surface area contributed by atoms with Crippen LogP contribution in [0, 0.1) is 0 Å². The van der Waals surface area contributed by atoms with Crippen molar-refractivity contribution in [3.8, 4) is 11.5 Å². The molecular formula is C16H22ClNO5. The summed E-state index contributed by atoms with van der Waals surface area (Å²) in [5.41, 5.74) is 0.220. The van der Waals surface area contributed by atoms with E-state index in [0.29, 0.717) is 30.9 Å². The summed E-state index contributed by atoms with van der Waals surface area (Å²) in [6, 6.07) is 1.98. The number of halogens is 1. The van der Waals surface area contributed by atoms with Gasteiger partial charge in [-0.25, -0.2) is 4.79 Å². The predicted molar refractivity (Wildman–Crippen MR) is 87.6 cm³/mol. The maximum absolute atomic E-state index is 12.3.